The molecule has 0 saturated carbocycles. The number of rotatable bonds is 5. The number of halogens is 2. The average molecular weight is 266 g/mol. The quantitative estimate of drug-likeness (QED) is 0.900. The Morgan fingerprint density at radius 1 is 1.32 bits per heavy atom. The molecule has 1 unspecified atom stereocenters. The molecule has 2 rings (SSSR count). The molecule has 0 fully saturated rings. The van der Waals surface area contributed by atoms with Gasteiger partial charge >= 0.3 is 0 Å². The molecule has 1 heterocycles. The summed E-state index contributed by atoms with van der Waals surface area (Å²) < 4.78 is 28.9. The minimum Gasteiger partial charge on any atom is -0.321 e. The van der Waals surface area contributed by atoms with Crippen molar-refractivity contribution in [1.82, 2.24) is 20.1 Å². The lowest BCUT2D eigenvalue weighted by atomic mass is 10.1. The van der Waals surface area contributed by atoms with Gasteiger partial charge in [0, 0.05) is 31.6 Å². The van der Waals surface area contributed by atoms with E-state index in [0.717, 1.165) is 5.82 Å². The largest absolute Gasteiger partial charge is 0.321 e. The predicted octanol–water partition coefficient (Wildman–Crippen LogP) is 1.99. The number of hydrogen-bond donors (Lipinski definition) is 1. The van der Waals surface area contributed by atoms with Gasteiger partial charge in [0.2, 0.25) is 0 Å². The van der Waals surface area contributed by atoms with E-state index >= 15 is 0 Å². The number of benzene rings is 1. The van der Waals surface area contributed by atoms with E-state index < -0.39 is 17.7 Å². The molecule has 1 aromatic carbocycles. The lowest BCUT2D eigenvalue weighted by Gasteiger charge is -2.15. The Morgan fingerprint density at radius 3 is 2.58 bits per heavy atom. The van der Waals surface area contributed by atoms with Crippen LogP contribution in [0.3, 0.4) is 0 Å². The minimum atomic E-state index is -0.529. The van der Waals surface area contributed by atoms with Gasteiger partial charge in [-0.2, -0.15) is 0 Å². The highest BCUT2D eigenvalue weighted by Crippen LogP contribution is 2.19. The summed E-state index contributed by atoms with van der Waals surface area (Å²) >= 11 is 0. The van der Waals surface area contributed by atoms with Gasteiger partial charge in [0.15, 0.2) is 0 Å². The lowest BCUT2D eigenvalue weighted by molar-refractivity contribution is 0.487. The van der Waals surface area contributed by atoms with Crippen molar-refractivity contribution in [1.29, 1.82) is 0 Å². The van der Waals surface area contributed by atoms with Crippen LogP contribution in [0.5, 0.6) is 0 Å². The van der Waals surface area contributed by atoms with Crippen molar-refractivity contribution in [2.75, 3.05) is 6.54 Å². The molecule has 0 aliphatic heterocycles. The first-order chi connectivity index (χ1) is 9.09. The molecule has 2 aromatic rings. The standard InChI is InChI=1S/C13H16F2N4/c1-9(13-10(14)4-3-5-11(13)15)16-7-6-12-18-17-8-19(12)2/h3-5,8-9,16H,6-7H2,1-2H3. The maximum absolute atomic E-state index is 13.6. The normalized spacial score (nSPS) is 12.6. The van der Waals surface area contributed by atoms with Crippen LogP contribution in [0.4, 0.5) is 8.78 Å². The summed E-state index contributed by atoms with van der Waals surface area (Å²) in [4.78, 5) is 0. The SMILES string of the molecule is CC(NCCc1nncn1C)c1c(F)cccc1F. The summed E-state index contributed by atoms with van der Waals surface area (Å²) in [7, 11) is 1.86. The van der Waals surface area contributed by atoms with Gasteiger partial charge in [0.25, 0.3) is 0 Å². The van der Waals surface area contributed by atoms with Gasteiger partial charge in [-0.05, 0) is 19.1 Å². The maximum atomic E-state index is 13.6. The smallest absolute Gasteiger partial charge is 0.133 e. The highest BCUT2D eigenvalue weighted by Gasteiger charge is 2.15. The third kappa shape index (κ3) is 3.14. The van der Waals surface area contributed by atoms with E-state index in [2.05, 4.69) is 15.5 Å². The second kappa shape index (κ2) is 5.88. The summed E-state index contributed by atoms with van der Waals surface area (Å²) in [5.41, 5.74) is 0.0699. The van der Waals surface area contributed by atoms with E-state index in [0.29, 0.717) is 13.0 Å². The van der Waals surface area contributed by atoms with Gasteiger partial charge in [0.05, 0.1) is 0 Å². The van der Waals surface area contributed by atoms with Gasteiger partial charge in [-0.3, -0.25) is 0 Å². The molecular formula is C13H16F2N4. The van der Waals surface area contributed by atoms with Gasteiger partial charge in [-0.1, -0.05) is 6.07 Å². The first kappa shape index (κ1) is 13.6. The van der Waals surface area contributed by atoms with Crippen LogP contribution in [0.1, 0.15) is 24.4 Å². The first-order valence-corrected chi connectivity index (χ1v) is 6.09. The zero-order valence-corrected chi connectivity index (χ0v) is 10.9. The zero-order valence-electron chi connectivity index (χ0n) is 10.9. The van der Waals surface area contributed by atoms with Gasteiger partial charge in [-0.15, -0.1) is 10.2 Å². The number of nitrogens with one attached hydrogen (secondary N) is 1. The Bertz CT molecular complexity index is 533. The van der Waals surface area contributed by atoms with Crippen molar-refractivity contribution in [2.45, 2.75) is 19.4 Å². The third-order valence-corrected chi connectivity index (χ3v) is 3.04. The van der Waals surface area contributed by atoms with Crippen LogP contribution in [0.2, 0.25) is 0 Å². The van der Waals surface area contributed by atoms with Gasteiger partial charge < -0.3 is 9.88 Å². The summed E-state index contributed by atoms with van der Waals surface area (Å²) in [5.74, 6) is -0.231. The van der Waals surface area contributed by atoms with Crippen LogP contribution in [-0.4, -0.2) is 21.3 Å². The molecule has 0 amide bonds. The monoisotopic (exact) mass is 266 g/mol. The molecule has 4 nitrogen and oxygen atoms in total. The average Bonchev–Trinajstić information content (AvgIpc) is 2.75. The van der Waals surface area contributed by atoms with Crippen LogP contribution >= 0.6 is 0 Å². The zero-order chi connectivity index (χ0) is 13.8. The number of nitrogens with zero attached hydrogens (tertiary/aromatic N) is 3. The molecule has 102 valence electrons. The number of aryl methyl sites for hydroxylation is 1. The molecule has 1 aromatic heterocycles. The van der Waals surface area contributed by atoms with Crippen molar-refractivity contribution in [3.63, 3.8) is 0 Å². The van der Waals surface area contributed by atoms with Crippen molar-refractivity contribution >= 4 is 0 Å². The van der Waals surface area contributed by atoms with Crippen molar-refractivity contribution in [2.24, 2.45) is 7.05 Å². The Balaban J connectivity index is 1.95. The van der Waals surface area contributed by atoms with Crippen LogP contribution in [-0.2, 0) is 13.5 Å². The van der Waals surface area contributed by atoms with Gasteiger partial charge in [0.1, 0.15) is 23.8 Å². The second-order valence-electron chi connectivity index (χ2n) is 4.42. The van der Waals surface area contributed by atoms with Crippen molar-refractivity contribution in [3.8, 4) is 0 Å². The fraction of sp³-hybridized carbons (Fsp3) is 0.385. The molecule has 0 aliphatic carbocycles. The van der Waals surface area contributed by atoms with E-state index in [-0.39, 0.29) is 5.56 Å². The van der Waals surface area contributed by atoms with Crippen molar-refractivity contribution in [3.05, 3.63) is 47.5 Å². The number of hydrogen-bond acceptors (Lipinski definition) is 3. The van der Waals surface area contributed by atoms with E-state index in [1.807, 2.05) is 11.6 Å². The molecular weight excluding hydrogens is 250 g/mol. The van der Waals surface area contributed by atoms with E-state index in [9.17, 15) is 8.78 Å². The second-order valence-corrected chi connectivity index (χ2v) is 4.42. The maximum Gasteiger partial charge on any atom is 0.133 e. The molecule has 0 spiro atoms. The summed E-state index contributed by atoms with van der Waals surface area (Å²) in [6.07, 6.45) is 2.27. The highest BCUT2D eigenvalue weighted by molar-refractivity contribution is 5.22. The van der Waals surface area contributed by atoms with E-state index in [1.54, 1.807) is 13.3 Å². The summed E-state index contributed by atoms with van der Waals surface area (Å²) in [6, 6.07) is 3.49. The molecule has 0 radical (unpaired) electrons. The fourth-order valence-corrected chi connectivity index (χ4v) is 1.96. The van der Waals surface area contributed by atoms with E-state index in [4.69, 9.17) is 0 Å². The van der Waals surface area contributed by atoms with Crippen molar-refractivity contribution < 1.29 is 8.78 Å². The molecule has 1 N–H and O–H groups in total. The molecule has 6 heteroatoms. The van der Waals surface area contributed by atoms with Crippen LogP contribution in [0.15, 0.2) is 24.5 Å². The molecule has 0 saturated heterocycles. The van der Waals surface area contributed by atoms with Crippen LogP contribution < -0.4 is 5.32 Å². The highest BCUT2D eigenvalue weighted by atomic mass is 19.1. The molecule has 0 bridgehead atoms. The molecule has 1 atom stereocenters. The van der Waals surface area contributed by atoms with Crippen LogP contribution in [0, 0.1) is 11.6 Å². The molecule has 19 heavy (non-hydrogen) atoms. The topological polar surface area (TPSA) is 42.7 Å². The summed E-state index contributed by atoms with van der Waals surface area (Å²) in [5, 5.41) is 10.8. The van der Waals surface area contributed by atoms with Crippen LogP contribution in [0.25, 0.3) is 0 Å². The lowest BCUT2D eigenvalue weighted by Crippen LogP contribution is -2.24. The fourth-order valence-electron chi connectivity index (χ4n) is 1.96. The first-order valence-electron chi connectivity index (χ1n) is 6.09. The summed E-state index contributed by atoms with van der Waals surface area (Å²) in [6.45, 7) is 2.31. The Morgan fingerprint density at radius 2 is 2.00 bits per heavy atom. The Kier molecular flexibility index (Phi) is 4.21. The van der Waals surface area contributed by atoms with E-state index in [1.165, 1.54) is 18.2 Å². The Labute approximate surface area is 110 Å². The number of aromatic nitrogens is 3. The predicted molar refractivity (Wildman–Crippen MR) is 67.5 cm³/mol. The minimum absolute atomic E-state index is 0.0699. The Hall–Kier alpha value is -1.82. The van der Waals surface area contributed by atoms with Gasteiger partial charge in [-0.25, -0.2) is 8.78 Å². The molecule has 0 aliphatic rings. The third-order valence-electron chi connectivity index (χ3n) is 3.04.